The molecule has 1 saturated carbocycles. The van der Waals surface area contributed by atoms with Gasteiger partial charge < -0.3 is 20.6 Å². The van der Waals surface area contributed by atoms with Gasteiger partial charge in [0, 0.05) is 37.9 Å². The van der Waals surface area contributed by atoms with E-state index >= 15 is 0 Å². The molecule has 3 atom stereocenters. The number of hydrogen-bond donors (Lipinski definition) is 3. The van der Waals surface area contributed by atoms with E-state index in [4.69, 9.17) is 5.11 Å². The van der Waals surface area contributed by atoms with E-state index in [0.717, 1.165) is 6.42 Å². The lowest BCUT2D eigenvalue weighted by molar-refractivity contribution is -0.137. The smallest absolute Gasteiger partial charge is 0.315 e. The van der Waals surface area contributed by atoms with E-state index in [1.165, 1.54) is 5.56 Å². The molecule has 3 unspecified atom stereocenters. The maximum atomic E-state index is 12.2. The van der Waals surface area contributed by atoms with Gasteiger partial charge in [0.1, 0.15) is 0 Å². The summed E-state index contributed by atoms with van der Waals surface area (Å²) in [5.41, 5.74) is 1.26. The van der Waals surface area contributed by atoms with Crippen molar-refractivity contribution in [3.63, 3.8) is 0 Å². The highest BCUT2D eigenvalue weighted by molar-refractivity contribution is 5.82. The van der Waals surface area contributed by atoms with Gasteiger partial charge in [-0.2, -0.15) is 0 Å². The number of likely N-dealkylation sites (tertiary alicyclic amines) is 1. The Hall–Kier alpha value is -2.57. The van der Waals surface area contributed by atoms with Gasteiger partial charge in [0.2, 0.25) is 5.91 Å². The van der Waals surface area contributed by atoms with Crippen LogP contribution in [-0.2, 0) is 9.59 Å². The number of carbonyl (C=O) groups is 3. The van der Waals surface area contributed by atoms with Crippen molar-refractivity contribution < 1.29 is 19.5 Å². The summed E-state index contributed by atoms with van der Waals surface area (Å²) in [4.78, 5) is 36.4. The van der Waals surface area contributed by atoms with Crippen molar-refractivity contribution in [2.45, 2.75) is 43.7 Å². The quantitative estimate of drug-likeness (QED) is 0.649. The van der Waals surface area contributed by atoms with Crippen LogP contribution in [0.15, 0.2) is 30.3 Å². The van der Waals surface area contributed by atoms with Crippen molar-refractivity contribution >= 4 is 17.9 Å². The van der Waals surface area contributed by atoms with Gasteiger partial charge in [0.05, 0.1) is 6.04 Å². The molecule has 3 N–H and O–H groups in total. The van der Waals surface area contributed by atoms with Crippen LogP contribution in [0.4, 0.5) is 4.79 Å². The molecule has 3 rings (SSSR count). The lowest BCUT2D eigenvalue weighted by atomic mass is 10.1. The zero-order valence-electron chi connectivity index (χ0n) is 14.0. The lowest BCUT2D eigenvalue weighted by Crippen LogP contribution is -2.43. The molecule has 1 aromatic rings. The minimum Gasteiger partial charge on any atom is -0.481 e. The molecule has 25 heavy (non-hydrogen) atoms. The second-order valence-corrected chi connectivity index (χ2v) is 6.66. The van der Waals surface area contributed by atoms with Gasteiger partial charge in [-0.05, 0) is 18.4 Å². The van der Waals surface area contributed by atoms with Crippen molar-refractivity contribution in [2.24, 2.45) is 0 Å². The summed E-state index contributed by atoms with van der Waals surface area (Å²) in [5.74, 6) is -0.398. The Balaban J connectivity index is 1.42. The number of benzene rings is 1. The Bertz CT molecular complexity index is 649. The number of aliphatic carboxylic acids is 1. The van der Waals surface area contributed by atoms with Crippen molar-refractivity contribution in [3.05, 3.63) is 35.9 Å². The Morgan fingerprint density at radius 3 is 2.72 bits per heavy atom. The second kappa shape index (κ2) is 7.55. The first kappa shape index (κ1) is 17.3. The van der Waals surface area contributed by atoms with E-state index < -0.39 is 5.97 Å². The molecule has 7 nitrogen and oxygen atoms in total. The Morgan fingerprint density at radius 2 is 2.00 bits per heavy atom. The molecule has 1 aromatic carbocycles. The highest BCUT2D eigenvalue weighted by Crippen LogP contribution is 2.45. The number of amides is 3. The van der Waals surface area contributed by atoms with Crippen molar-refractivity contribution in [3.8, 4) is 0 Å². The molecule has 134 valence electrons. The van der Waals surface area contributed by atoms with E-state index in [0.29, 0.717) is 31.8 Å². The second-order valence-electron chi connectivity index (χ2n) is 6.66. The summed E-state index contributed by atoms with van der Waals surface area (Å²) in [5, 5.41) is 14.0. The molecule has 0 aromatic heterocycles. The molecule has 7 heteroatoms. The van der Waals surface area contributed by atoms with Crippen LogP contribution in [0, 0.1) is 0 Å². The highest BCUT2D eigenvalue weighted by atomic mass is 16.4. The number of rotatable bonds is 7. The van der Waals surface area contributed by atoms with Crippen LogP contribution < -0.4 is 10.6 Å². The first-order valence-corrected chi connectivity index (χ1v) is 8.65. The fraction of sp³-hybridized carbons (Fsp3) is 0.500. The third-order valence-corrected chi connectivity index (χ3v) is 4.73. The largest absolute Gasteiger partial charge is 0.481 e. The van der Waals surface area contributed by atoms with Crippen LogP contribution >= 0.6 is 0 Å². The minimum absolute atomic E-state index is 0.0263. The molecule has 2 fully saturated rings. The standard InChI is InChI=1S/C18H23N3O4/c22-16-9-13(20-18(25)19-8-4-7-17(23)24)11-21(16)15-10-14(15)12-5-2-1-3-6-12/h1-3,5-6,13-15H,4,7-11H2,(H,23,24)(H2,19,20,25). The van der Waals surface area contributed by atoms with Gasteiger partial charge >= 0.3 is 12.0 Å². The summed E-state index contributed by atoms with van der Waals surface area (Å²) in [6, 6.07) is 9.88. The number of hydrogen-bond acceptors (Lipinski definition) is 3. The number of nitrogens with zero attached hydrogens (tertiary/aromatic N) is 1. The molecule has 3 amide bonds. The zero-order valence-corrected chi connectivity index (χ0v) is 14.0. The summed E-state index contributed by atoms with van der Waals surface area (Å²) >= 11 is 0. The van der Waals surface area contributed by atoms with E-state index in [1.807, 2.05) is 23.1 Å². The number of nitrogens with one attached hydrogen (secondary N) is 2. The maximum Gasteiger partial charge on any atom is 0.315 e. The van der Waals surface area contributed by atoms with E-state index in [-0.39, 0.29) is 30.4 Å². The molecule has 1 heterocycles. The fourth-order valence-electron chi connectivity index (χ4n) is 3.41. The monoisotopic (exact) mass is 345 g/mol. The molecule has 0 bridgehead atoms. The van der Waals surface area contributed by atoms with Crippen LogP contribution in [0.2, 0.25) is 0 Å². The molecule has 0 spiro atoms. The Morgan fingerprint density at radius 1 is 1.24 bits per heavy atom. The summed E-state index contributed by atoms with van der Waals surface area (Å²) < 4.78 is 0. The third-order valence-electron chi connectivity index (χ3n) is 4.73. The SMILES string of the molecule is O=C(O)CCCNC(=O)NC1CC(=O)N(C2CC2c2ccccc2)C1. The van der Waals surface area contributed by atoms with Gasteiger partial charge in [-0.3, -0.25) is 9.59 Å². The summed E-state index contributed by atoms with van der Waals surface area (Å²) in [6.07, 6.45) is 1.71. The van der Waals surface area contributed by atoms with E-state index in [1.54, 1.807) is 0 Å². The Labute approximate surface area is 146 Å². The van der Waals surface area contributed by atoms with Crippen molar-refractivity contribution in [1.29, 1.82) is 0 Å². The first-order chi connectivity index (χ1) is 12.0. The number of urea groups is 1. The van der Waals surface area contributed by atoms with E-state index in [9.17, 15) is 14.4 Å². The van der Waals surface area contributed by atoms with Gasteiger partial charge in [-0.1, -0.05) is 30.3 Å². The minimum atomic E-state index is -0.878. The average Bonchev–Trinajstić information content (AvgIpc) is 3.29. The normalized spacial score (nSPS) is 24.9. The van der Waals surface area contributed by atoms with Crippen LogP contribution in [-0.4, -0.2) is 53.1 Å². The molecule has 2 aliphatic rings. The predicted molar refractivity (Wildman–Crippen MR) is 91.1 cm³/mol. The molecule has 1 saturated heterocycles. The highest BCUT2D eigenvalue weighted by Gasteiger charge is 2.47. The molecule has 1 aliphatic heterocycles. The molecular weight excluding hydrogens is 322 g/mol. The van der Waals surface area contributed by atoms with Crippen molar-refractivity contribution in [2.75, 3.05) is 13.1 Å². The molecule has 1 aliphatic carbocycles. The van der Waals surface area contributed by atoms with Crippen LogP contribution in [0.3, 0.4) is 0 Å². The van der Waals surface area contributed by atoms with Gasteiger partial charge in [-0.15, -0.1) is 0 Å². The van der Waals surface area contributed by atoms with Crippen LogP contribution in [0.25, 0.3) is 0 Å². The van der Waals surface area contributed by atoms with Gasteiger partial charge in [-0.25, -0.2) is 4.79 Å². The average molecular weight is 345 g/mol. The predicted octanol–water partition coefficient (Wildman–Crippen LogP) is 1.31. The summed E-state index contributed by atoms with van der Waals surface area (Å²) in [7, 11) is 0. The Kier molecular flexibility index (Phi) is 5.21. The topological polar surface area (TPSA) is 98.7 Å². The maximum absolute atomic E-state index is 12.2. The lowest BCUT2D eigenvalue weighted by Gasteiger charge is -2.17. The molecule has 0 radical (unpaired) electrons. The third kappa shape index (κ3) is 4.49. The van der Waals surface area contributed by atoms with Crippen molar-refractivity contribution in [1.82, 2.24) is 15.5 Å². The first-order valence-electron chi connectivity index (χ1n) is 8.65. The molecular formula is C18H23N3O4. The fourth-order valence-corrected chi connectivity index (χ4v) is 3.41. The van der Waals surface area contributed by atoms with Gasteiger partial charge in [0.15, 0.2) is 0 Å². The summed E-state index contributed by atoms with van der Waals surface area (Å²) in [6.45, 7) is 0.844. The van der Waals surface area contributed by atoms with Crippen LogP contribution in [0.5, 0.6) is 0 Å². The number of carbonyl (C=O) groups excluding carboxylic acids is 2. The van der Waals surface area contributed by atoms with Crippen LogP contribution in [0.1, 0.15) is 37.2 Å². The number of carboxylic acids is 1. The van der Waals surface area contributed by atoms with E-state index in [2.05, 4.69) is 22.8 Å². The van der Waals surface area contributed by atoms with Gasteiger partial charge in [0.25, 0.3) is 0 Å². The number of carboxylic acid groups (broad SMARTS) is 1. The zero-order chi connectivity index (χ0) is 17.8.